The second-order valence-electron chi connectivity index (χ2n) is 7.92. The Bertz CT molecular complexity index is 1420. The molecule has 1 atom stereocenters. The second kappa shape index (κ2) is 10.5. The first kappa shape index (κ1) is 25.4. The molecule has 9 nitrogen and oxygen atoms in total. The molecule has 12 heteroatoms. The number of aliphatic hydroxyl groups is 1. The summed E-state index contributed by atoms with van der Waals surface area (Å²) in [7, 11) is 0. The summed E-state index contributed by atoms with van der Waals surface area (Å²) in [5, 5.41) is 27.7. The normalized spacial score (nSPS) is 12.1. The van der Waals surface area contributed by atoms with Crippen LogP contribution in [0.15, 0.2) is 79.1 Å². The van der Waals surface area contributed by atoms with E-state index in [0.717, 1.165) is 4.68 Å². The summed E-state index contributed by atoms with van der Waals surface area (Å²) in [5.74, 6) is -0.870. The highest BCUT2D eigenvalue weighted by Gasteiger charge is 2.36. The number of benzene rings is 2. The number of amides is 2. The number of pyridine rings is 1. The van der Waals surface area contributed by atoms with E-state index in [4.69, 9.17) is 5.11 Å². The van der Waals surface area contributed by atoms with Gasteiger partial charge in [-0.1, -0.05) is 30.3 Å². The Balaban J connectivity index is 1.64. The van der Waals surface area contributed by atoms with Gasteiger partial charge >= 0.3 is 12.3 Å². The molecule has 190 valence electrons. The summed E-state index contributed by atoms with van der Waals surface area (Å²) < 4.78 is 41.2. The quantitative estimate of drug-likeness (QED) is 0.291. The molecule has 2 aromatic heterocycles. The maximum atomic E-state index is 13.5. The van der Waals surface area contributed by atoms with Crippen molar-refractivity contribution in [2.75, 3.05) is 5.32 Å². The molecule has 0 saturated carbocycles. The van der Waals surface area contributed by atoms with Crippen molar-refractivity contribution in [3.8, 4) is 5.69 Å². The van der Waals surface area contributed by atoms with Crippen molar-refractivity contribution in [3.63, 3.8) is 0 Å². The number of halogens is 3. The fraction of sp³-hybridized carbons (Fsp3) is 0.120. The number of hydrogen-bond acceptors (Lipinski definition) is 5. The number of alkyl halides is 3. The molecule has 4 rings (SSSR count). The third-order valence-corrected chi connectivity index (χ3v) is 5.29. The predicted molar refractivity (Wildman–Crippen MR) is 126 cm³/mol. The highest BCUT2D eigenvalue weighted by Crippen LogP contribution is 2.30. The third-order valence-electron chi connectivity index (χ3n) is 5.29. The fourth-order valence-electron chi connectivity index (χ4n) is 3.57. The molecule has 2 heterocycles. The number of anilines is 1. The van der Waals surface area contributed by atoms with Crippen LogP contribution in [0.2, 0.25) is 0 Å². The van der Waals surface area contributed by atoms with Crippen LogP contribution in [0.1, 0.15) is 39.0 Å². The molecular formula is C25H20F3N5O4. The Labute approximate surface area is 208 Å². The van der Waals surface area contributed by atoms with Gasteiger partial charge in [0.15, 0.2) is 5.69 Å². The van der Waals surface area contributed by atoms with Gasteiger partial charge in [0.1, 0.15) is 11.8 Å². The standard InChI is InChI=1S/C25H20F3N5O4/c26-25(27,28)21-12-20(33(32-21)19-8-1-4-15(10-19)13-30-24(36)37)23(35)31-18-7-2-5-16(11-18)22(34)17-6-3-9-29-14-17/h1-12,14,22,30,34H,13H2,(H,31,35)(H,36,37). The Hall–Kier alpha value is -4.71. The van der Waals surface area contributed by atoms with Crippen LogP contribution < -0.4 is 10.6 Å². The van der Waals surface area contributed by atoms with Crippen LogP contribution in [0.4, 0.5) is 23.7 Å². The molecule has 0 aliphatic heterocycles. The Morgan fingerprint density at radius 1 is 1.00 bits per heavy atom. The summed E-state index contributed by atoms with van der Waals surface area (Å²) in [5.41, 5.74) is 0.121. The first-order chi connectivity index (χ1) is 17.6. The van der Waals surface area contributed by atoms with E-state index in [1.807, 2.05) is 0 Å². The van der Waals surface area contributed by atoms with Crippen molar-refractivity contribution in [3.05, 3.63) is 107 Å². The van der Waals surface area contributed by atoms with Crippen LogP contribution in [0.5, 0.6) is 0 Å². The zero-order valence-electron chi connectivity index (χ0n) is 19.0. The van der Waals surface area contributed by atoms with E-state index in [-0.39, 0.29) is 17.9 Å². The monoisotopic (exact) mass is 511 g/mol. The number of aromatic nitrogens is 3. The van der Waals surface area contributed by atoms with Gasteiger partial charge in [-0.25, -0.2) is 9.48 Å². The van der Waals surface area contributed by atoms with Crippen molar-refractivity contribution in [1.29, 1.82) is 0 Å². The SMILES string of the molecule is O=C(O)NCc1cccc(-n2nc(C(F)(F)F)cc2C(=O)Nc2cccc(C(O)c3cccnc3)c2)c1. The molecule has 0 radical (unpaired) electrons. The molecule has 4 N–H and O–H groups in total. The molecule has 2 amide bonds. The molecule has 0 spiro atoms. The van der Waals surface area contributed by atoms with Gasteiger partial charge in [-0.3, -0.25) is 9.78 Å². The number of hydrogen-bond donors (Lipinski definition) is 4. The number of carbonyl (C=O) groups excluding carboxylic acids is 1. The van der Waals surface area contributed by atoms with Crippen LogP contribution in [0.3, 0.4) is 0 Å². The van der Waals surface area contributed by atoms with Gasteiger partial charge in [0, 0.05) is 36.3 Å². The molecule has 0 aliphatic carbocycles. The van der Waals surface area contributed by atoms with Crippen LogP contribution in [0.25, 0.3) is 5.69 Å². The largest absolute Gasteiger partial charge is 0.465 e. The fourth-order valence-corrected chi connectivity index (χ4v) is 3.57. The average Bonchev–Trinajstić information content (AvgIpc) is 3.35. The Morgan fingerprint density at radius 3 is 2.46 bits per heavy atom. The van der Waals surface area contributed by atoms with E-state index >= 15 is 0 Å². The van der Waals surface area contributed by atoms with Gasteiger partial charge in [0.25, 0.3) is 5.91 Å². The lowest BCUT2D eigenvalue weighted by molar-refractivity contribution is -0.141. The van der Waals surface area contributed by atoms with Crippen LogP contribution >= 0.6 is 0 Å². The minimum absolute atomic E-state index is 0.0931. The van der Waals surface area contributed by atoms with Crippen molar-refractivity contribution in [2.24, 2.45) is 0 Å². The number of carboxylic acid groups (broad SMARTS) is 1. The highest BCUT2D eigenvalue weighted by molar-refractivity contribution is 6.03. The smallest absolute Gasteiger partial charge is 0.435 e. The predicted octanol–water partition coefficient (Wildman–Crippen LogP) is 4.39. The molecule has 0 aliphatic rings. The van der Waals surface area contributed by atoms with Gasteiger partial charge in [0.2, 0.25) is 0 Å². The lowest BCUT2D eigenvalue weighted by atomic mass is 10.0. The molecular weight excluding hydrogens is 491 g/mol. The lowest BCUT2D eigenvalue weighted by Gasteiger charge is -2.13. The zero-order chi connectivity index (χ0) is 26.6. The molecule has 1 unspecified atom stereocenters. The average molecular weight is 511 g/mol. The number of nitrogens with one attached hydrogen (secondary N) is 2. The number of nitrogens with zero attached hydrogens (tertiary/aromatic N) is 3. The van der Waals surface area contributed by atoms with E-state index in [1.54, 1.807) is 36.5 Å². The van der Waals surface area contributed by atoms with Gasteiger partial charge in [-0.15, -0.1) is 0 Å². The van der Waals surface area contributed by atoms with Gasteiger partial charge in [-0.2, -0.15) is 18.3 Å². The summed E-state index contributed by atoms with van der Waals surface area (Å²) in [6.07, 6.45) is -4.05. The molecule has 0 fully saturated rings. The van der Waals surface area contributed by atoms with Crippen molar-refractivity contribution < 1.29 is 33.0 Å². The Morgan fingerprint density at radius 2 is 1.76 bits per heavy atom. The number of rotatable bonds is 7. The van der Waals surface area contributed by atoms with Crippen LogP contribution in [0, 0.1) is 0 Å². The summed E-state index contributed by atoms with van der Waals surface area (Å²) in [6.45, 7) is -0.0931. The zero-order valence-corrected chi connectivity index (χ0v) is 19.0. The lowest BCUT2D eigenvalue weighted by Crippen LogP contribution is -2.20. The van der Waals surface area contributed by atoms with Gasteiger partial charge in [0.05, 0.1) is 5.69 Å². The maximum absolute atomic E-state index is 13.5. The molecule has 37 heavy (non-hydrogen) atoms. The topological polar surface area (TPSA) is 129 Å². The van der Waals surface area contributed by atoms with E-state index in [0.29, 0.717) is 22.8 Å². The number of aliphatic hydroxyl groups excluding tert-OH is 1. The van der Waals surface area contributed by atoms with Crippen molar-refractivity contribution >= 4 is 17.7 Å². The second-order valence-corrected chi connectivity index (χ2v) is 7.92. The summed E-state index contributed by atoms with van der Waals surface area (Å²) in [6, 6.07) is 16.2. The highest BCUT2D eigenvalue weighted by atomic mass is 19.4. The van der Waals surface area contributed by atoms with E-state index in [9.17, 15) is 27.9 Å². The maximum Gasteiger partial charge on any atom is 0.435 e. The van der Waals surface area contributed by atoms with Crippen molar-refractivity contribution in [2.45, 2.75) is 18.8 Å². The van der Waals surface area contributed by atoms with E-state index in [1.165, 1.54) is 36.5 Å². The Kier molecular flexibility index (Phi) is 7.20. The number of carbonyl (C=O) groups is 2. The minimum Gasteiger partial charge on any atom is -0.465 e. The molecule has 2 aromatic carbocycles. The molecule has 0 bridgehead atoms. The van der Waals surface area contributed by atoms with Gasteiger partial charge in [-0.05, 0) is 41.5 Å². The van der Waals surface area contributed by atoms with E-state index in [2.05, 4.69) is 20.7 Å². The first-order valence-electron chi connectivity index (χ1n) is 10.8. The van der Waals surface area contributed by atoms with Crippen molar-refractivity contribution in [1.82, 2.24) is 20.1 Å². The summed E-state index contributed by atoms with van der Waals surface area (Å²) in [4.78, 5) is 27.8. The first-order valence-corrected chi connectivity index (χ1v) is 10.8. The minimum atomic E-state index is -4.81. The third kappa shape index (κ3) is 6.11. The molecule has 0 saturated heterocycles. The van der Waals surface area contributed by atoms with Crippen LogP contribution in [-0.4, -0.2) is 37.0 Å². The van der Waals surface area contributed by atoms with Crippen LogP contribution in [-0.2, 0) is 12.7 Å². The van der Waals surface area contributed by atoms with E-state index < -0.39 is 35.7 Å². The molecule has 4 aromatic rings. The van der Waals surface area contributed by atoms with Gasteiger partial charge < -0.3 is 20.8 Å². The summed E-state index contributed by atoms with van der Waals surface area (Å²) >= 11 is 0.